The molecule has 0 saturated carbocycles. The third kappa shape index (κ3) is 2.59. The number of carboxylic acids is 1. The van der Waals surface area contributed by atoms with Gasteiger partial charge in [-0.1, -0.05) is 0 Å². The zero-order valence-electron chi connectivity index (χ0n) is 6.98. The molecule has 0 bridgehead atoms. The molecule has 0 spiro atoms. The Bertz CT molecular complexity index is 359. The van der Waals surface area contributed by atoms with Crippen molar-refractivity contribution in [2.45, 2.75) is 6.92 Å². The molecule has 4 nitrogen and oxygen atoms in total. The Kier molecular flexibility index (Phi) is 2.64. The molecule has 0 atom stereocenters. The molecule has 1 N–H and O–H groups in total. The maximum absolute atomic E-state index is 11.1. The fourth-order valence-electron chi connectivity index (χ4n) is 0.796. The Hall–Kier alpha value is -1.84. The summed E-state index contributed by atoms with van der Waals surface area (Å²) in [7, 11) is 0. The van der Waals surface area contributed by atoms with Gasteiger partial charge in [0.15, 0.2) is 5.76 Å². The van der Waals surface area contributed by atoms with Gasteiger partial charge in [0.2, 0.25) is 5.78 Å². The Morgan fingerprint density at radius 3 is 2.54 bits per heavy atom. The third-order valence-electron chi connectivity index (χ3n) is 1.36. The van der Waals surface area contributed by atoms with Crippen LogP contribution in [0.5, 0.6) is 0 Å². The molecule has 68 valence electrons. The van der Waals surface area contributed by atoms with E-state index in [0.29, 0.717) is 5.76 Å². The van der Waals surface area contributed by atoms with Crippen LogP contribution in [0, 0.1) is 6.92 Å². The van der Waals surface area contributed by atoms with Gasteiger partial charge in [-0.15, -0.1) is 0 Å². The molecule has 0 aliphatic carbocycles. The van der Waals surface area contributed by atoms with Crippen molar-refractivity contribution in [3.05, 3.63) is 35.8 Å². The molecular formula is C9H8O4. The highest BCUT2D eigenvalue weighted by molar-refractivity contribution is 6.04. The van der Waals surface area contributed by atoms with Crippen LogP contribution in [0.2, 0.25) is 0 Å². The Morgan fingerprint density at radius 2 is 2.08 bits per heavy atom. The van der Waals surface area contributed by atoms with Crippen molar-refractivity contribution in [2.24, 2.45) is 0 Å². The first-order valence-electron chi connectivity index (χ1n) is 3.61. The molecule has 0 amide bonds. The summed E-state index contributed by atoms with van der Waals surface area (Å²) in [4.78, 5) is 21.2. The average Bonchev–Trinajstić information content (AvgIpc) is 2.47. The minimum absolute atomic E-state index is 0.148. The summed E-state index contributed by atoms with van der Waals surface area (Å²) in [5.74, 6) is -0.839. The van der Waals surface area contributed by atoms with Gasteiger partial charge in [0.05, 0.1) is 0 Å². The van der Waals surface area contributed by atoms with Crippen molar-refractivity contribution in [1.29, 1.82) is 0 Å². The molecule has 1 heterocycles. The van der Waals surface area contributed by atoms with Gasteiger partial charge in [-0.05, 0) is 25.1 Å². The quantitative estimate of drug-likeness (QED) is 0.564. The smallest absolute Gasteiger partial charge is 0.328 e. The lowest BCUT2D eigenvalue weighted by atomic mass is 10.3. The van der Waals surface area contributed by atoms with Crippen molar-refractivity contribution < 1.29 is 19.1 Å². The van der Waals surface area contributed by atoms with Gasteiger partial charge in [0, 0.05) is 6.08 Å². The first-order chi connectivity index (χ1) is 6.09. The predicted octanol–water partition coefficient (Wildman–Crippen LogP) is 1.41. The number of carboxylic acid groups (broad SMARTS) is 1. The number of allylic oxidation sites excluding steroid dienone is 1. The van der Waals surface area contributed by atoms with Crippen LogP contribution >= 0.6 is 0 Å². The minimum Gasteiger partial charge on any atom is -0.478 e. The number of carbonyl (C=O) groups is 2. The van der Waals surface area contributed by atoms with E-state index in [1.807, 2.05) is 0 Å². The molecule has 13 heavy (non-hydrogen) atoms. The van der Waals surface area contributed by atoms with Gasteiger partial charge >= 0.3 is 5.97 Å². The summed E-state index contributed by atoms with van der Waals surface area (Å²) >= 11 is 0. The molecule has 0 aliphatic heterocycles. The Balaban J connectivity index is 2.75. The van der Waals surface area contributed by atoms with Gasteiger partial charge in [-0.25, -0.2) is 4.79 Å². The van der Waals surface area contributed by atoms with Crippen molar-refractivity contribution in [2.75, 3.05) is 0 Å². The number of carbonyl (C=O) groups excluding carboxylic acids is 1. The van der Waals surface area contributed by atoms with Gasteiger partial charge in [0.1, 0.15) is 5.76 Å². The molecule has 0 radical (unpaired) electrons. The average molecular weight is 180 g/mol. The zero-order chi connectivity index (χ0) is 9.84. The lowest BCUT2D eigenvalue weighted by Crippen LogP contribution is -1.94. The van der Waals surface area contributed by atoms with Gasteiger partial charge < -0.3 is 9.52 Å². The summed E-state index contributed by atoms with van der Waals surface area (Å²) in [6.07, 6.45) is 1.74. The van der Waals surface area contributed by atoms with Crippen LogP contribution in [-0.2, 0) is 4.79 Å². The lowest BCUT2D eigenvalue weighted by Gasteiger charge is -1.86. The predicted molar refractivity (Wildman–Crippen MR) is 44.6 cm³/mol. The summed E-state index contributed by atoms with van der Waals surface area (Å²) in [5.41, 5.74) is 0. The minimum atomic E-state index is -1.16. The van der Waals surface area contributed by atoms with E-state index in [0.717, 1.165) is 12.2 Å². The zero-order valence-corrected chi connectivity index (χ0v) is 6.98. The van der Waals surface area contributed by atoms with Crippen molar-refractivity contribution in [3.8, 4) is 0 Å². The van der Waals surface area contributed by atoms with Crippen LogP contribution in [0.3, 0.4) is 0 Å². The molecule has 1 aromatic heterocycles. The molecule has 0 aliphatic rings. The highest BCUT2D eigenvalue weighted by Gasteiger charge is 2.05. The fourth-order valence-corrected chi connectivity index (χ4v) is 0.796. The normalized spacial score (nSPS) is 10.5. The van der Waals surface area contributed by atoms with Gasteiger partial charge in [-0.2, -0.15) is 0 Å². The second-order valence-electron chi connectivity index (χ2n) is 2.45. The number of hydrogen-bond acceptors (Lipinski definition) is 3. The number of rotatable bonds is 3. The topological polar surface area (TPSA) is 67.5 Å². The van der Waals surface area contributed by atoms with Crippen LogP contribution in [0.1, 0.15) is 16.3 Å². The SMILES string of the molecule is Cc1ccc(C(=O)/C=C/C(=O)O)o1. The van der Waals surface area contributed by atoms with E-state index in [-0.39, 0.29) is 5.76 Å². The molecule has 0 saturated heterocycles. The Morgan fingerprint density at radius 1 is 1.38 bits per heavy atom. The van der Waals surface area contributed by atoms with Crippen LogP contribution in [0.4, 0.5) is 0 Å². The number of ketones is 1. The maximum Gasteiger partial charge on any atom is 0.328 e. The van der Waals surface area contributed by atoms with Crippen LogP contribution < -0.4 is 0 Å². The van der Waals surface area contributed by atoms with E-state index in [4.69, 9.17) is 9.52 Å². The molecule has 0 fully saturated rings. The monoisotopic (exact) mass is 180 g/mol. The largest absolute Gasteiger partial charge is 0.478 e. The molecular weight excluding hydrogens is 172 g/mol. The van der Waals surface area contributed by atoms with E-state index < -0.39 is 11.8 Å². The first kappa shape index (κ1) is 9.25. The van der Waals surface area contributed by atoms with Crippen molar-refractivity contribution >= 4 is 11.8 Å². The number of hydrogen-bond donors (Lipinski definition) is 1. The van der Waals surface area contributed by atoms with Crippen LogP contribution in [-0.4, -0.2) is 16.9 Å². The summed E-state index contributed by atoms with van der Waals surface area (Å²) in [6, 6.07) is 3.14. The van der Waals surface area contributed by atoms with E-state index in [1.54, 1.807) is 13.0 Å². The second-order valence-corrected chi connectivity index (χ2v) is 2.45. The molecule has 1 aromatic rings. The van der Waals surface area contributed by atoms with Crippen LogP contribution in [0.15, 0.2) is 28.7 Å². The van der Waals surface area contributed by atoms with Gasteiger partial charge in [0.25, 0.3) is 0 Å². The highest BCUT2D eigenvalue weighted by atomic mass is 16.4. The molecule has 1 rings (SSSR count). The number of furan rings is 1. The number of aryl methyl sites for hydroxylation is 1. The second kappa shape index (κ2) is 3.71. The third-order valence-corrected chi connectivity index (χ3v) is 1.36. The van der Waals surface area contributed by atoms with Crippen molar-refractivity contribution in [1.82, 2.24) is 0 Å². The molecule has 4 heteroatoms. The fraction of sp³-hybridized carbons (Fsp3) is 0.111. The lowest BCUT2D eigenvalue weighted by molar-refractivity contribution is -0.131. The van der Waals surface area contributed by atoms with E-state index in [1.165, 1.54) is 6.07 Å². The maximum atomic E-state index is 11.1. The van der Waals surface area contributed by atoms with E-state index in [9.17, 15) is 9.59 Å². The summed E-state index contributed by atoms with van der Waals surface area (Å²) in [5, 5.41) is 8.24. The summed E-state index contributed by atoms with van der Waals surface area (Å²) in [6.45, 7) is 1.71. The standard InChI is InChI=1S/C9H8O4/c1-6-2-4-8(13-6)7(10)3-5-9(11)12/h2-5H,1H3,(H,11,12)/b5-3+. The van der Waals surface area contributed by atoms with Gasteiger partial charge in [-0.3, -0.25) is 4.79 Å². The van der Waals surface area contributed by atoms with Crippen LogP contribution in [0.25, 0.3) is 0 Å². The Labute approximate surface area is 74.5 Å². The molecule has 0 unspecified atom stereocenters. The highest BCUT2D eigenvalue weighted by Crippen LogP contribution is 2.07. The van der Waals surface area contributed by atoms with E-state index >= 15 is 0 Å². The van der Waals surface area contributed by atoms with E-state index in [2.05, 4.69) is 0 Å². The molecule has 0 aromatic carbocycles. The number of aliphatic carboxylic acids is 1. The first-order valence-corrected chi connectivity index (χ1v) is 3.61. The summed E-state index contributed by atoms with van der Waals surface area (Å²) < 4.78 is 4.98. The van der Waals surface area contributed by atoms with Crippen molar-refractivity contribution in [3.63, 3.8) is 0 Å².